The Morgan fingerprint density at radius 1 is 1.15 bits per heavy atom. The molecule has 5 heteroatoms. The van der Waals surface area contributed by atoms with Gasteiger partial charge in [-0.15, -0.1) is 0 Å². The van der Waals surface area contributed by atoms with Crippen LogP contribution in [0.2, 0.25) is 0 Å². The molecule has 1 amide bonds. The van der Waals surface area contributed by atoms with Crippen molar-refractivity contribution in [3.8, 4) is 0 Å². The first-order chi connectivity index (χ1) is 12.5. The van der Waals surface area contributed by atoms with Crippen LogP contribution in [0.15, 0.2) is 42.5 Å². The second-order valence-electron chi connectivity index (χ2n) is 7.06. The molecule has 0 spiro atoms. The van der Waals surface area contributed by atoms with Crippen molar-refractivity contribution in [2.45, 2.75) is 32.9 Å². The van der Waals surface area contributed by atoms with Gasteiger partial charge in [-0.3, -0.25) is 9.69 Å². The van der Waals surface area contributed by atoms with Crippen molar-refractivity contribution in [2.24, 2.45) is 5.92 Å². The van der Waals surface area contributed by atoms with Crippen molar-refractivity contribution in [3.05, 3.63) is 70.8 Å². The van der Waals surface area contributed by atoms with Gasteiger partial charge in [0.1, 0.15) is 0 Å². The van der Waals surface area contributed by atoms with Crippen LogP contribution in [0.4, 0.5) is 8.78 Å². The number of rotatable bonds is 5. The molecule has 1 aliphatic rings. The number of nitrogens with zero attached hydrogens (tertiary/aromatic N) is 1. The third kappa shape index (κ3) is 4.67. The highest BCUT2D eigenvalue weighted by atomic mass is 19.2. The number of likely N-dealkylation sites (tertiary alicyclic amines) is 1. The van der Waals surface area contributed by atoms with Crippen LogP contribution >= 0.6 is 0 Å². The van der Waals surface area contributed by atoms with Crippen LogP contribution in [0, 0.1) is 17.6 Å². The molecule has 1 saturated heterocycles. The van der Waals surface area contributed by atoms with Crippen molar-refractivity contribution in [1.82, 2.24) is 10.2 Å². The van der Waals surface area contributed by atoms with Gasteiger partial charge in [-0.1, -0.05) is 31.2 Å². The Kier molecular flexibility index (Phi) is 5.99. The zero-order valence-corrected chi connectivity index (χ0v) is 15.0. The number of amides is 1. The van der Waals surface area contributed by atoms with Gasteiger partial charge in [0, 0.05) is 25.2 Å². The zero-order chi connectivity index (χ0) is 18.5. The number of hydrogen-bond donors (Lipinski definition) is 1. The van der Waals surface area contributed by atoms with Crippen LogP contribution in [0.25, 0.3) is 0 Å². The molecular formula is C21H24F2N2O. The van der Waals surface area contributed by atoms with E-state index in [1.54, 1.807) is 0 Å². The average Bonchev–Trinajstić information content (AvgIpc) is 2.63. The number of carbonyl (C=O) groups is 1. The predicted molar refractivity (Wildman–Crippen MR) is 97.6 cm³/mol. The van der Waals surface area contributed by atoms with Crippen LogP contribution in [-0.4, -0.2) is 23.9 Å². The number of benzene rings is 2. The molecule has 26 heavy (non-hydrogen) atoms. The summed E-state index contributed by atoms with van der Waals surface area (Å²) in [5, 5.41) is 2.80. The zero-order valence-electron chi connectivity index (χ0n) is 15.0. The molecule has 2 aromatic rings. The van der Waals surface area contributed by atoms with E-state index in [-0.39, 0.29) is 5.56 Å². The highest BCUT2D eigenvalue weighted by molar-refractivity contribution is 5.94. The SMILES string of the molecule is CC1CCCN(Cc2ccccc2CNC(=O)c2ccc(F)c(F)c2)C1. The Bertz CT molecular complexity index is 778. The summed E-state index contributed by atoms with van der Waals surface area (Å²) in [6.07, 6.45) is 2.50. The number of nitrogens with one attached hydrogen (secondary N) is 1. The van der Waals surface area contributed by atoms with Gasteiger partial charge in [0.25, 0.3) is 5.91 Å². The Labute approximate surface area is 153 Å². The highest BCUT2D eigenvalue weighted by Gasteiger charge is 2.17. The van der Waals surface area contributed by atoms with E-state index in [0.29, 0.717) is 12.5 Å². The molecule has 1 atom stereocenters. The second-order valence-corrected chi connectivity index (χ2v) is 7.06. The smallest absolute Gasteiger partial charge is 0.251 e. The van der Waals surface area contributed by atoms with Crippen LogP contribution in [0.5, 0.6) is 0 Å². The van der Waals surface area contributed by atoms with Gasteiger partial charge in [0.05, 0.1) is 0 Å². The maximum absolute atomic E-state index is 13.3. The maximum atomic E-state index is 13.3. The largest absolute Gasteiger partial charge is 0.348 e. The summed E-state index contributed by atoms with van der Waals surface area (Å²) >= 11 is 0. The van der Waals surface area contributed by atoms with Gasteiger partial charge in [0.2, 0.25) is 0 Å². The molecule has 0 aliphatic carbocycles. The van der Waals surface area contributed by atoms with Crippen molar-refractivity contribution in [3.63, 3.8) is 0 Å². The molecule has 3 rings (SSSR count). The first-order valence-electron chi connectivity index (χ1n) is 9.05. The van der Waals surface area contributed by atoms with E-state index in [9.17, 15) is 13.6 Å². The minimum absolute atomic E-state index is 0.117. The van der Waals surface area contributed by atoms with Crippen LogP contribution < -0.4 is 5.32 Å². The van der Waals surface area contributed by atoms with Gasteiger partial charge >= 0.3 is 0 Å². The van der Waals surface area contributed by atoms with Gasteiger partial charge < -0.3 is 5.32 Å². The predicted octanol–water partition coefficient (Wildman–Crippen LogP) is 4.13. The van der Waals surface area contributed by atoms with E-state index in [0.717, 1.165) is 37.3 Å². The summed E-state index contributed by atoms with van der Waals surface area (Å²) in [6.45, 7) is 5.69. The molecule has 1 aliphatic heterocycles. The Balaban J connectivity index is 1.64. The summed E-state index contributed by atoms with van der Waals surface area (Å²) in [6, 6.07) is 11.2. The van der Waals surface area contributed by atoms with Gasteiger partial charge in [0.15, 0.2) is 11.6 Å². The molecule has 0 aromatic heterocycles. The van der Waals surface area contributed by atoms with E-state index in [1.165, 1.54) is 24.5 Å². The number of piperidine rings is 1. The van der Waals surface area contributed by atoms with Gasteiger partial charge in [-0.2, -0.15) is 0 Å². The molecule has 3 nitrogen and oxygen atoms in total. The molecule has 0 radical (unpaired) electrons. The lowest BCUT2D eigenvalue weighted by Gasteiger charge is -2.31. The maximum Gasteiger partial charge on any atom is 0.251 e. The lowest BCUT2D eigenvalue weighted by Crippen LogP contribution is -2.34. The molecule has 0 bridgehead atoms. The first kappa shape index (κ1) is 18.5. The van der Waals surface area contributed by atoms with Gasteiger partial charge in [-0.25, -0.2) is 8.78 Å². The molecule has 1 heterocycles. The Hall–Kier alpha value is -2.27. The fraction of sp³-hybridized carbons (Fsp3) is 0.381. The van der Waals surface area contributed by atoms with Crippen molar-refractivity contribution in [1.29, 1.82) is 0 Å². The molecule has 1 unspecified atom stereocenters. The number of halogens is 2. The normalized spacial score (nSPS) is 17.9. The fourth-order valence-corrected chi connectivity index (χ4v) is 3.47. The fourth-order valence-electron chi connectivity index (χ4n) is 3.47. The van der Waals surface area contributed by atoms with E-state index in [4.69, 9.17) is 0 Å². The van der Waals surface area contributed by atoms with Crippen molar-refractivity contribution in [2.75, 3.05) is 13.1 Å². The summed E-state index contributed by atoms with van der Waals surface area (Å²) in [5.41, 5.74) is 2.35. The minimum atomic E-state index is -1.02. The molecule has 1 fully saturated rings. The van der Waals surface area contributed by atoms with E-state index in [1.807, 2.05) is 18.2 Å². The number of hydrogen-bond acceptors (Lipinski definition) is 2. The average molecular weight is 358 g/mol. The van der Waals surface area contributed by atoms with E-state index in [2.05, 4.69) is 23.2 Å². The van der Waals surface area contributed by atoms with Crippen molar-refractivity contribution >= 4 is 5.91 Å². The van der Waals surface area contributed by atoms with Crippen LogP contribution in [-0.2, 0) is 13.1 Å². The first-order valence-corrected chi connectivity index (χ1v) is 9.05. The summed E-state index contributed by atoms with van der Waals surface area (Å²) in [4.78, 5) is 14.7. The Morgan fingerprint density at radius 2 is 1.92 bits per heavy atom. The lowest BCUT2D eigenvalue weighted by molar-refractivity contribution is 0.0950. The monoisotopic (exact) mass is 358 g/mol. The summed E-state index contributed by atoms with van der Waals surface area (Å²) in [5.74, 6) is -1.67. The number of carbonyl (C=O) groups excluding carboxylic acids is 1. The second kappa shape index (κ2) is 8.41. The van der Waals surface area contributed by atoms with E-state index >= 15 is 0 Å². The molecule has 2 aromatic carbocycles. The summed E-state index contributed by atoms with van der Waals surface area (Å²) in [7, 11) is 0. The van der Waals surface area contributed by atoms with Crippen LogP contribution in [0.3, 0.4) is 0 Å². The highest BCUT2D eigenvalue weighted by Crippen LogP contribution is 2.19. The van der Waals surface area contributed by atoms with Gasteiger partial charge in [-0.05, 0) is 54.6 Å². The topological polar surface area (TPSA) is 32.3 Å². The molecule has 0 saturated carbocycles. The van der Waals surface area contributed by atoms with Crippen molar-refractivity contribution < 1.29 is 13.6 Å². The Morgan fingerprint density at radius 3 is 2.65 bits per heavy atom. The summed E-state index contributed by atoms with van der Waals surface area (Å²) < 4.78 is 26.3. The van der Waals surface area contributed by atoms with Crippen LogP contribution in [0.1, 0.15) is 41.3 Å². The molecule has 138 valence electrons. The third-order valence-corrected chi connectivity index (χ3v) is 4.87. The standard InChI is InChI=1S/C21H24F2N2O/c1-15-5-4-10-25(13-15)14-18-7-3-2-6-17(18)12-24-21(26)16-8-9-19(22)20(23)11-16/h2-3,6-9,11,15H,4-5,10,12-14H2,1H3,(H,24,26). The molecular weight excluding hydrogens is 334 g/mol. The minimum Gasteiger partial charge on any atom is -0.348 e. The third-order valence-electron chi connectivity index (χ3n) is 4.87. The lowest BCUT2D eigenvalue weighted by atomic mass is 9.99. The molecule has 1 N–H and O–H groups in total. The quantitative estimate of drug-likeness (QED) is 0.872. The van der Waals surface area contributed by atoms with E-state index < -0.39 is 17.5 Å².